The van der Waals surface area contributed by atoms with Crippen LogP contribution < -0.4 is 5.32 Å². The molecule has 2 nitrogen and oxygen atoms in total. The molecule has 0 unspecified atom stereocenters. The van der Waals surface area contributed by atoms with Crippen LogP contribution in [-0.4, -0.2) is 18.8 Å². The average Bonchev–Trinajstić information content (AvgIpc) is 2.20. The normalized spacial score (nSPS) is 23.9. The molecule has 0 saturated heterocycles. The van der Waals surface area contributed by atoms with Gasteiger partial charge in [-0.1, -0.05) is 6.07 Å². The van der Waals surface area contributed by atoms with Crippen LogP contribution in [0.4, 0.5) is 10.1 Å². The van der Waals surface area contributed by atoms with Gasteiger partial charge in [-0.05, 0) is 44.4 Å². The predicted molar refractivity (Wildman–Crippen MR) is 63.2 cm³/mol. The van der Waals surface area contributed by atoms with E-state index in [4.69, 9.17) is 4.74 Å². The zero-order chi connectivity index (χ0) is 11.5. The number of ether oxygens (including phenoxy) is 1. The molecule has 0 aromatic heterocycles. The molecule has 0 heterocycles. The van der Waals surface area contributed by atoms with Gasteiger partial charge >= 0.3 is 0 Å². The first-order valence-corrected chi connectivity index (χ1v) is 5.83. The number of anilines is 1. The number of hydrogen-bond acceptors (Lipinski definition) is 2. The molecule has 1 aliphatic carbocycles. The van der Waals surface area contributed by atoms with Crippen LogP contribution in [0.2, 0.25) is 0 Å². The Labute approximate surface area is 95.8 Å². The molecule has 1 aromatic carbocycles. The minimum absolute atomic E-state index is 0.176. The summed E-state index contributed by atoms with van der Waals surface area (Å²) in [5, 5.41) is 3.22. The summed E-state index contributed by atoms with van der Waals surface area (Å²) in [6.07, 6.45) is 2.30. The third-order valence-corrected chi connectivity index (χ3v) is 2.98. The minimum Gasteiger partial charge on any atom is -0.380 e. The Kier molecular flexibility index (Phi) is 3.44. The van der Waals surface area contributed by atoms with Crippen LogP contribution in [0.1, 0.15) is 25.3 Å². The second kappa shape index (κ2) is 4.83. The molecule has 0 bridgehead atoms. The third kappa shape index (κ3) is 2.53. The lowest BCUT2D eigenvalue weighted by molar-refractivity contribution is 0.00293. The van der Waals surface area contributed by atoms with E-state index in [0.29, 0.717) is 17.8 Å². The van der Waals surface area contributed by atoms with E-state index in [2.05, 4.69) is 5.32 Å². The molecule has 3 heteroatoms. The number of nitrogens with one attached hydrogen (secondary N) is 1. The summed E-state index contributed by atoms with van der Waals surface area (Å²) in [5.74, 6) is -0.176. The van der Waals surface area contributed by atoms with E-state index < -0.39 is 0 Å². The summed E-state index contributed by atoms with van der Waals surface area (Å²) in [5.41, 5.74) is 1.68. The van der Waals surface area contributed by atoms with Gasteiger partial charge in [0.1, 0.15) is 5.82 Å². The van der Waals surface area contributed by atoms with Gasteiger partial charge in [0.2, 0.25) is 0 Å². The van der Waals surface area contributed by atoms with Gasteiger partial charge in [-0.2, -0.15) is 0 Å². The molecule has 1 N–H and O–H groups in total. The van der Waals surface area contributed by atoms with Crippen LogP contribution in [0.25, 0.3) is 0 Å². The van der Waals surface area contributed by atoms with Crippen LogP contribution in [-0.2, 0) is 4.74 Å². The molecule has 0 amide bonds. The summed E-state index contributed by atoms with van der Waals surface area (Å²) in [6.45, 7) is 4.73. The fourth-order valence-corrected chi connectivity index (χ4v) is 2.02. The van der Waals surface area contributed by atoms with Crippen LogP contribution >= 0.6 is 0 Å². The first-order valence-electron chi connectivity index (χ1n) is 5.83. The van der Waals surface area contributed by atoms with Crippen LogP contribution in [0.3, 0.4) is 0 Å². The van der Waals surface area contributed by atoms with E-state index in [1.165, 1.54) is 6.07 Å². The number of aryl methyl sites for hydroxylation is 1. The highest BCUT2D eigenvalue weighted by Crippen LogP contribution is 2.28. The van der Waals surface area contributed by atoms with E-state index in [9.17, 15) is 4.39 Å². The number of hydrogen-bond donors (Lipinski definition) is 1. The van der Waals surface area contributed by atoms with E-state index >= 15 is 0 Å². The highest BCUT2D eigenvalue weighted by molar-refractivity contribution is 5.48. The molecule has 1 aromatic rings. The van der Waals surface area contributed by atoms with Gasteiger partial charge in [0.25, 0.3) is 0 Å². The lowest BCUT2D eigenvalue weighted by Crippen LogP contribution is -2.41. The zero-order valence-electron chi connectivity index (χ0n) is 9.79. The maximum Gasteiger partial charge on any atom is 0.146 e. The third-order valence-electron chi connectivity index (χ3n) is 2.98. The van der Waals surface area contributed by atoms with Crippen molar-refractivity contribution in [2.45, 2.75) is 38.8 Å². The summed E-state index contributed by atoms with van der Waals surface area (Å²) in [6, 6.07) is 5.50. The smallest absolute Gasteiger partial charge is 0.146 e. The Morgan fingerprint density at radius 3 is 2.88 bits per heavy atom. The molecular formula is C13H18FNO. The van der Waals surface area contributed by atoms with Crippen molar-refractivity contribution < 1.29 is 9.13 Å². The summed E-state index contributed by atoms with van der Waals surface area (Å²) >= 11 is 0. The Morgan fingerprint density at radius 1 is 1.44 bits per heavy atom. The Balaban J connectivity index is 1.89. The van der Waals surface area contributed by atoms with Crippen LogP contribution in [0.15, 0.2) is 18.2 Å². The fraction of sp³-hybridized carbons (Fsp3) is 0.538. The molecule has 0 aliphatic heterocycles. The number of rotatable bonds is 4. The topological polar surface area (TPSA) is 21.3 Å². The second-order valence-corrected chi connectivity index (χ2v) is 4.37. The molecule has 16 heavy (non-hydrogen) atoms. The molecule has 1 aliphatic rings. The minimum atomic E-state index is -0.176. The number of halogens is 1. The molecular weight excluding hydrogens is 205 g/mol. The average molecular weight is 223 g/mol. The van der Waals surface area contributed by atoms with Crippen molar-refractivity contribution in [3.63, 3.8) is 0 Å². The molecule has 2 rings (SSSR count). The quantitative estimate of drug-likeness (QED) is 0.846. The molecule has 0 radical (unpaired) electrons. The molecule has 0 spiro atoms. The van der Waals surface area contributed by atoms with Crippen molar-refractivity contribution in [2.24, 2.45) is 0 Å². The standard InChI is InChI=1S/C13H18FNO/c1-3-16-11-7-10(8-11)15-13-6-9(2)4-5-12(13)14/h4-6,10-11,15H,3,7-8H2,1-2H3. The monoisotopic (exact) mass is 223 g/mol. The van der Waals surface area contributed by atoms with Crippen molar-refractivity contribution in [3.8, 4) is 0 Å². The largest absolute Gasteiger partial charge is 0.380 e. The van der Waals surface area contributed by atoms with Crippen LogP contribution in [0.5, 0.6) is 0 Å². The Hall–Kier alpha value is -1.09. The lowest BCUT2D eigenvalue weighted by atomic mass is 9.89. The second-order valence-electron chi connectivity index (χ2n) is 4.37. The zero-order valence-corrected chi connectivity index (χ0v) is 9.79. The summed E-state index contributed by atoms with van der Waals surface area (Å²) in [4.78, 5) is 0. The predicted octanol–water partition coefficient (Wildman–Crippen LogP) is 3.11. The molecule has 0 atom stereocenters. The SMILES string of the molecule is CCOC1CC(Nc2cc(C)ccc2F)C1. The maximum absolute atomic E-state index is 13.4. The lowest BCUT2D eigenvalue weighted by Gasteiger charge is -2.36. The van der Waals surface area contributed by atoms with Gasteiger partial charge in [-0.3, -0.25) is 0 Å². The Bertz CT molecular complexity index is 361. The van der Waals surface area contributed by atoms with Gasteiger partial charge in [0.15, 0.2) is 0 Å². The summed E-state index contributed by atoms with van der Waals surface area (Å²) < 4.78 is 18.9. The highest BCUT2D eigenvalue weighted by Gasteiger charge is 2.29. The fourth-order valence-electron chi connectivity index (χ4n) is 2.02. The molecule has 88 valence electrons. The van der Waals surface area contributed by atoms with E-state index in [-0.39, 0.29) is 5.82 Å². The van der Waals surface area contributed by atoms with Crippen molar-refractivity contribution in [3.05, 3.63) is 29.6 Å². The maximum atomic E-state index is 13.4. The Morgan fingerprint density at radius 2 is 2.19 bits per heavy atom. The van der Waals surface area contributed by atoms with E-state index in [1.54, 1.807) is 6.07 Å². The van der Waals surface area contributed by atoms with Gasteiger partial charge in [0, 0.05) is 12.6 Å². The van der Waals surface area contributed by atoms with Gasteiger partial charge in [-0.15, -0.1) is 0 Å². The van der Waals surface area contributed by atoms with Crippen molar-refractivity contribution in [2.75, 3.05) is 11.9 Å². The van der Waals surface area contributed by atoms with Crippen molar-refractivity contribution >= 4 is 5.69 Å². The molecule has 1 fully saturated rings. The highest BCUT2D eigenvalue weighted by atomic mass is 19.1. The van der Waals surface area contributed by atoms with Crippen molar-refractivity contribution in [1.82, 2.24) is 0 Å². The summed E-state index contributed by atoms with van der Waals surface area (Å²) in [7, 11) is 0. The first-order chi connectivity index (χ1) is 7.69. The van der Waals surface area contributed by atoms with Gasteiger partial charge in [0.05, 0.1) is 11.8 Å². The number of benzene rings is 1. The van der Waals surface area contributed by atoms with E-state index in [0.717, 1.165) is 25.0 Å². The van der Waals surface area contributed by atoms with Gasteiger partial charge < -0.3 is 10.1 Å². The molecule has 1 saturated carbocycles. The first kappa shape index (κ1) is 11.4. The van der Waals surface area contributed by atoms with Gasteiger partial charge in [-0.25, -0.2) is 4.39 Å². The van der Waals surface area contributed by atoms with E-state index in [1.807, 2.05) is 19.9 Å². The van der Waals surface area contributed by atoms with Crippen molar-refractivity contribution in [1.29, 1.82) is 0 Å². The van der Waals surface area contributed by atoms with Crippen LogP contribution in [0, 0.1) is 12.7 Å².